The molecule has 0 unspecified atom stereocenters. The van der Waals surface area contributed by atoms with E-state index in [2.05, 4.69) is 0 Å². The minimum absolute atomic E-state index is 0.0182. The van der Waals surface area contributed by atoms with E-state index in [-0.39, 0.29) is 11.0 Å². The number of carbonyl (C=O) groups excluding carboxylic acids is 1. The zero-order valence-corrected chi connectivity index (χ0v) is 11.9. The standard InChI is InChI=1S/C12H19F3N2OS/c1-3-11(4-2,9(16)19)10(18)17(8-5-6-8)7-12(13,14)15/h8H,3-7H2,1-2H3,(H2,16,19). The highest BCUT2D eigenvalue weighted by Crippen LogP contribution is 2.37. The van der Waals surface area contributed by atoms with Crippen molar-refractivity contribution in [3.05, 3.63) is 0 Å². The zero-order valence-electron chi connectivity index (χ0n) is 11.1. The van der Waals surface area contributed by atoms with Gasteiger partial charge in [-0.2, -0.15) is 13.2 Å². The lowest BCUT2D eigenvalue weighted by atomic mass is 9.80. The van der Waals surface area contributed by atoms with E-state index < -0.39 is 24.0 Å². The van der Waals surface area contributed by atoms with E-state index in [1.54, 1.807) is 13.8 Å². The fourth-order valence-electron chi connectivity index (χ4n) is 2.23. The van der Waals surface area contributed by atoms with Crippen LogP contribution in [0.25, 0.3) is 0 Å². The normalized spacial score (nSPS) is 16.3. The van der Waals surface area contributed by atoms with Crippen LogP contribution in [0, 0.1) is 5.41 Å². The SMILES string of the molecule is CCC(CC)(C(=O)N(CC(F)(F)F)C1CC1)C(N)=S. The molecule has 1 fully saturated rings. The third-order valence-corrected chi connectivity index (χ3v) is 4.08. The van der Waals surface area contributed by atoms with E-state index >= 15 is 0 Å². The first-order chi connectivity index (χ1) is 8.68. The molecule has 2 N–H and O–H groups in total. The lowest BCUT2D eigenvalue weighted by Crippen LogP contribution is -2.53. The monoisotopic (exact) mass is 296 g/mol. The molecule has 19 heavy (non-hydrogen) atoms. The van der Waals surface area contributed by atoms with Crippen molar-refractivity contribution in [1.82, 2.24) is 4.90 Å². The Balaban J connectivity index is 3.01. The predicted octanol–water partition coefficient (Wildman–Crippen LogP) is 2.63. The molecule has 0 aromatic rings. The van der Waals surface area contributed by atoms with Gasteiger partial charge in [0.1, 0.15) is 6.54 Å². The van der Waals surface area contributed by atoms with Crippen LogP contribution in [0.2, 0.25) is 0 Å². The summed E-state index contributed by atoms with van der Waals surface area (Å²) >= 11 is 4.92. The third-order valence-electron chi connectivity index (χ3n) is 3.69. The molecule has 0 spiro atoms. The number of carbonyl (C=O) groups is 1. The van der Waals surface area contributed by atoms with Crippen LogP contribution in [-0.4, -0.2) is 34.6 Å². The van der Waals surface area contributed by atoms with Crippen LogP contribution >= 0.6 is 12.2 Å². The molecule has 0 aliphatic heterocycles. The van der Waals surface area contributed by atoms with Gasteiger partial charge in [-0.05, 0) is 25.7 Å². The largest absolute Gasteiger partial charge is 0.406 e. The fraction of sp³-hybridized carbons (Fsp3) is 0.833. The van der Waals surface area contributed by atoms with Gasteiger partial charge >= 0.3 is 6.18 Å². The van der Waals surface area contributed by atoms with Crippen LogP contribution in [0.5, 0.6) is 0 Å². The molecule has 1 aliphatic rings. The molecule has 1 saturated carbocycles. The van der Waals surface area contributed by atoms with E-state index in [4.69, 9.17) is 18.0 Å². The molecule has 0 bridgehead atoms. The van der Waals surface area contributed by atoms with Gasteiger partial charge < -0.3 is 10.6 Å². The van der Waals surface area contributed by atoms with Crippen LogP contribution in [-0.2, 0) is 4.79 Å². The highest BCUT2D eigenvalue weighted by molar-refractivity contribution is 7.80. The Kier molecular flexibility index (Phi) is 4.81. The molecule has 0 radical (unpaired) electrons. The number of nitrogens with two attached hydrogens (primary N) is 1. The summed E-state index contributed by atoms with van der Waals surface area (Å²) in [5, 5.41) is 0. The van der Waals surface area contributed by atoms with E-state index in [0.717, 1.165) is 4.90 Å². The summed E-state index contributed by atoms with van der Waals surface area (Å²) < 4.78 is 37.8. The van der Waals surface area contributed by atoms with Gasteiger partial charge in [0.05, 0.1) is 10.4 Å². The van der Waals surface area contributed by atoms with E-state index in [0.29, 0.717) is 25.7 Å². The van der Waals surface area contributed by atoms with Crippen LogP contribution in [0.1, 0.15) is 39.5 Å². The highest BCUT2D eigenvalue weighted by atomic mass is 32.1. The number of nitrogens with zero attached hydrogens (tertiary/aromatic N) is 1. The van der Waals surface area contributed by atoms with E-state index in [9.17, 15) is 18.0 Å². The van der Waals surface area contributed by atoms with Gasteiger partial charge in [-0.1, -0.05) is 26.1 Å². The van der Waals surface area contributed by atoms with Gasteiger partial charge in [0.25, 0.3) is 0 Å². The molecular weight excluding hydrogens is 277 g/mol. The van der Waals surface area contributed by atoms with E-state index in [1.807, 2.05) is 0 Å². The molecule has 0 heterocycles. The van der Waals surface area contributed by atoms with Gasteiger partial charge in [0.2, 0.25) is 5.91 Å². The Bertz CT molecular complexity index is 362. The Morgan fingerprint density at radius 3 is 2.05 bits per heavy atom. The number of hydrogen-bond acceptors (Lipinski definition) is 2. The lowest BCUT2D eigenvalue weighted by molar-refractivity contribution is -0.167. The summed E-state index contributed by atoms with van der Waals surface area (Å²) in [6, 6.07) is -0.319. The molecule has 1 rings (SSSR count). The second-order valence-electron chi connectivity index (χ2n) is 4.93. The second-order valence-corrected chi connectivity index (χ2v) is 5.37. The van der Waals surface area contributed by atoms with Gasteiger partial charge in [-0.3, -0.25) is 4.79 Å². The van der Waals surface area contributed by atoms with E-state index in [1.165, 1.54) is 0 Å². The van der Waals surface area contributed by atoms with Gasteiger partial charge in [0.15, 0.2) is 0 Å². The van der Waals surface area contributed by atoms with Crippen LogP contribution in [0.3, 0.4) is 0 Å². The number of hydrogen-bond donors (Lipinski definition) is 1. The maximum absolute atomic E-state index is 12.6. The summed E-state index contributed by atoms with van der Waals surface area (Å²) in [4.78, 5) is 13.4. The summed E-state index contributed by atoms with van der Waals surface area (Å²) in [6.07, 6.45) is -2.54. The number of amides is 1. The summed E-state index contributed by atoms with van der Waals surface area (Å²) in [6.45, 7) is 2.22. The predicted molar refractivity (Wildman–Crippen MR) is 70.6 cm³/mol. The molecule has 3 nitrogen and oxygen atoms in total. The molecular formula is C12H19F3N2OS. The Labute approximate surface area is 116 Å². The molecule has 0 aromatic heterocycles. The van der Waals surface area contributed by atoms with Crippen molar-refractivity contribution in [2.45, 2.75) is 51.7 Å². The number of halogens is 3. The van der Waals surface area contributed by atoms with Crippen molar-refractivity contribution < 1.29 is 18.0 Å². The summed E-state index contributed by atoms with van der Waals surface area (Å²) in [7, 11) is 0. The van der Waals surface area contributed by atoms with Gasteiger partial charge in [-0.25, -0.2) is 0 Å². The topological polar surface area (TPSA) is 46.3 Å². The summed E-state index contributed by atoms with van der Waals surface area (Å²) in [5.74, 6) is -0.579. The van der Waals surface area contributed by atoms with Crippen molar-refractivity contribution >= 4 is 23.1 Å². The van der Waals surface area contributed by atoms with Crippen LogP contribution in [0.15, 0.2) is 0 Å². The number of alkyl halides is 3. The second kappa shape index (κ2) is 5.64. The molecule has 0 aromatic carbocycles. The van der Waals surface area contributed by atoms with Crippen molar-refractivity contribution in [3.63, 3.8) is 0 Å². The first-order valence-corrected chi connectivity index (χ1v) is 6.76. The quantitative estimate of drug-likeness (QED) is 0.766. The minimum Gasteiger partial charge on any atom is -0.392 e. The fourth-order valence-corrected chi connectivity index (χ4v) is 2.60. The van der Waals surface area contributed by atoms with Crippen LogP contribution < -0.4 is 5.73 Å². The summed E-state index contributed by atoms with van der Waals surface area (Å²) in [5.41, 5.74) is 4.47. The maximum atomic E-state index is 12.6. The average Bonchev–Trinajstić information content (AvgIpc) is 3.10. The lowest BCUT2D eigenvalue weighted by Gasteiger charge is -2.35. The van der Waals surface area contributed by atoms with Crippen molar-refractivity contribution in [2.24, 2.45) is 11.1 Å². The first kappa shape index (κ1) is 16.2. The maximum Gasteiger partial charge on any atom is 0.406 e. The molecule has 1 aliphatic carbocycles. The molecule has 110 valence electrons. The molecule has 1 amide bonds. The Hall–Kier alpha value is -0.850. The van der Waals surface area contributed by atoms with Crippen molar-refractivity contribution in [3.8, 4) is 0 Å². The highest BCUT2D eigenvalue weighted by Gasteiger charge is 2.48. The first-order valence-electron chi connectivity index (χ1n) is 6.35. The number of rotatable bonds is 6. The zero-order chi connectivity index (χ0) is 14.8. The minimum atomic E-state index is -4.40. The molecule has 0 saturated heterocycles. The van der Waals surface area contributed by atoms with Crippen molar-refractivity contribution in [1.29, 1.82) is 0 Å². The van der Waals surface area contributed by atoms with Gasteiger partial charge in [0, 0.05) is 6.04 Å². The Morgan fingerprint density at radius 1 is 1.32 bits per heavy atom. The molecule has 0 atom stereocenters. The average molecular weight is 296 g/mol. The van der Waals surface area contributed by atoms with Crippen molar-refractivity contribution in [2.75, 3.05) is 6.54 Å². The third kappa shape index (κ3) is 3.58. The molecule has 7 heteroatoms. The number of thiocarbonyl (C=S) groups is 1. The van der Waals surface area contributed by atoms with Crippen LogP contribution in [0.4, 0.5) is 13.2 Å². The Morgan fingerprint density at radius 2 is 1.79 bits per heavy atom. The van der Waals surface area contributed by atoms with Gasteiger partial charge in [-0.15, -0.1) is 0 Å². The smallest absolute Gasteiger partial charge is 0.392 e.